The molecule has 0 fully saturated rings. The number of halogens is 3. The molecule has 0 saturated heterocycles. The van der Waals surface area contributed by atoms with Crippen LogP contribution in [0.5, 0.6) is 5.88 Å². The van der Waals surface area contributed by atoms with Gasteiger partial charge in [0.1, 0.15) is 11.6 Å². The number of carbonyl (C=O) groups is 1. The normalized spacial score (nSPS) is 10.8. The minimum atomic E-state index is -0.846. The first-order valence-corrected chi connectivity index (χ1v) is 8.49. The van der Waals surface area contributed by atoms with E-state index in [4.69, 9.17) is 4.74 Å². The molecule has 5 nitrogen and oxygen atoms in total. The van der Waals surface area contributed by atoms with Gasteiger partial charge in [-0.25, -0.2) is 18.6 Å². The van der Waals surface area contributed by atoms with Gasteiger partial charge >= 0.3 is 6.09 Å². The van der Waals surface area contributed by atoms with E-state index in [0.717, 1.165) is 23.9 Å². The van der Waals surface area contributed by atoms with Crippen molar-refractivity contribution in [2.24, 2.45) is 0 Å². The average molecular weight is 381 g/mol. The van der Waals surface area contributed by atoms with Gasteiger partial charge in [-0.05, 0) is 18.1 Å². The third-order valence-corrected chi connectivity index (χ3v) is 4.26. The van der Waals surface area contributed by atoms with Crippen LogP contribution in [0.3, 0.4) is 0 Å². The second-order valence-corrected chi connectivity index (χ2v) is 6.37. The Balaban J connectivity index is 1.78. The summed E-state index contributed by atoms with van der Waals surface area (Å²) < 4.78 is 46.6. The summed E-state index contributed by atoms with van der Waals surface area (Å²) in [5, 5.41) is 1.84. The summed E-state index contributed by atoms with van der Waals surface area (Å²) >= 11 is 0.665. The van der Waals surface area contributed by atoms with Crippen molar-refractivity contribution in [2.45, 2.75) is 19.9 Å². The molecular formula is C17H14F3N3O2S. The summed E-state index contributed by atoms with van der Waals surface area (Å²) in [7, 11) is 0. The van der Waals surface area contributed by atoms with Gasteiger partial charge in [0.15, 0.2) is 10.3 Å². The molecule has 0 saturated carbocycles. The maximum atomic E-state index is 13.9. The van der Waals surface area contributed by atoms with Crippen LogP contribution in [0.15, 0.2) is 36.7 Å². The SMILES string of the molecule is CCc1cc(OC(=O)Nc2ncc(F)s2)n(Cc2ccc(F)cc2F)c1. The summed E-state index contributed by atoms with van der Waals surface area (Å²) in [5.74, 6) is -1.18. The Labute approximate surface area is 151 Å². The van der Waals surface area contributed by atoms with Crippen LogP contribution in [0.1, 0.15) is 18.1 Å². The molecule has 3 rings (SSSR count). The summed E-state index contributed by atoms with van der Waals surface area (Å²) in [4.78, 5) is 15.6. The van der Waals surface area contributed by atoms with Crippen molar-refractivity contribution >= 4 is 22.6 Å². The Bertz CT molecular complexity index is 939. The zero-order valence-electron chi connectivity index (χ0n) is 13.6. The van der Waals surface area contributed by atoms with Crippen molar-refractivity contribution in [3.8, 4) is 5.88 Å². The number of aromatic nitrogens is 2. The summed E-state index contributed by atoms with van der Waals surface area (Å²) in [5.41, 5.74) is 1.12. The first kappa shape index (κ1) is 18.0. The van der Waals surface area contributed by atoms with Crippen molar-refractivity contribution in [2.75, 3.05) is 5.32 Å². The maximum Gasteiger partial charge on any atom is 0.420 e. The molecule has 26 heavy (non-hydrogen) atoms. The monoisotopic (exact) mass is 381 g/mol. The lowest BCUT2D eigenvalue weighted by atomic mass is 10.2. The summed E-state index contributed by atoms with van der Waals surface area (Å²) in [6.07, 6.45) is 2.53. The largest absolute Gasteiger partial charge is 0.420 e. The zero-order chi connectivity index (χ0) is 18.7. The predicted octanol–water partition coefficient (Wildman–Crippen LogP) is 4.58. The van der Waals surface area contributed by atoms with E-state index >= 15 is 0 Å². The highest BCUT2D eigenvalue weighted by atomic mass is 32.1. The molecule has 0 aliphatic heterocycles. The molecule has 1 amide bonds. The average Bonchev–Trinajstić information content (AvgIpc) is 3.16. The third-order valence-electron chi connectivity index (χ3n) is 3.56. The van der Waals surface area contributed by atoms with Gasteiger partial charge < -0.3 is 9.30 Å². The number of rotatable bonds is 5. The molecule has 0 spiro atoms. The molecule has 1 aromatic carbocycles. The first-order chi connectivity index (χ1) is 12.4. The molecule has 0 bridgehead atoms. The summed E-state index contributed by atoms with van der Waals surface area (Å²) in [6, 6.07) is 4.93. The standard InChI is InChI=1S/C17H14F3N3O2S/c1-2-10-5-15(25-17(24)22-16-21-7-14(20)26-16)23(8-10)9-11-3-4-12(18)6-13(11)19/h3-8H,2,9H2,1H3,(H,21,22,24). The molecular weight excluding hydrogens is 367 g/mol. The third kappa shape index (κ3) is 4.23. The van der Waals surface area contributed by atoms with Crippen LogP contribution in [-0.2, 0) is 13.0 Å². The van der Waals surface area contributed by atoms with E-state index in [-0.39, 0.29) is 23.1 Å². The van der Waals surface area contributed by atoms with E-state index in [0.29, 0.717) is 17.8 Å². The van der Waals surface area contributed by atoms with E-state index in [1.54, 1.807) is 12.3 Å². The smallest absolute Gasteiger partial charge is 0.393 e. The van der Waals surface area contributed by atoms with E-state index in [1.807, 2.05) is 6.92 Å². The topological polar surface area (TPSA) is 56.1 Å². The summed E-state index contributed by atoms with van der Waals surface area (Å²) in [6.45, 7) is 1.97. The van der Waals surface area contributed by atoms with Gasteiger partial charge in [0, 0.05) is 23.9 Å². The Hall–Kier alpha value is -2.81. The molecule has 2 aromatic heterocycles. The lowest BCUT2D eigenvalue weighted by Crippen LogP contribution is -2.18. The minimum absolute atomic E-state index is 0.0562. The Kier molecular flexibility index (Phi) is 5.27. The van der Waals surface area contributed by atoms with Crippen LogP contribution < -0.4 is 10.1 Å². The van der Waals surface area contributed by atoms with Crippen LogP contribution in [0, 0.1) is 16.8 Å². The van der Waals surface area contributed by atoms with Gasteiger partial charge in [-0.2, -0.15) is 4.39 Å². The number of ether oxygens (including phenoxy) is 1. The van der Waals surface area contributed by atoms with Crippen LogP contribution >= 0.6 is 11.3 Å². The fourth-order valence-corrected chi connectivity index (χ4v) is 2.83. The molecule has 0 unspecified atom stereocenters. The van der Waals surface area contributed by atoms with Crippen molar-refractivity contribution in [1.82, 2.24) is 9.55 Å². The Morgan fingerprint density at radius 2 is 2.12 bits per heavy atom. The highest BCUT2D eigenvalue weighted by Gasteiger charge is 2.15. The number of amides is 1. The van der Waals surface area contributed by atoms with E-state index in [2.05, 4.69) is 10.3 Å². The lowest BCUT2D eigenvalue weighted by Gasteiger charge is -2.10. The second-order valence-electron chi connectivity index (χ2n) is 5.39. The van der Waals surface area contributed by atoms with Crippen molar-refractivity contribution in [3.63, 3.8) is 0 Å². The molecule has 0 aliphatic rings. The van der Waals surface area contributed by atoms with Crippen molar-refractivity contribution in [3.05, 3.63) is 64.6 Å². The Morgan fingerprint density at radius 3 is 2.77 bits per heavy atom. The highest BCUT2D eigenvalue weighted by Crippen LogP contribution is 2.22. The molecule has 0 aliphatic carbocycles. The molecule has 0 radical (unpaired) electrons. The number of hydrogen-bond acceptors (Lipinski definition) is 4. The number of aryl methyl sites for hydroxylation is 1. The predicted molar refractivity (Wildman–Crippen MR) is 91.0 cm³/mol. The van der Waals surface area contributed by atoms with E-state index in [1.165, 1.54) is 10.6 Å². The molecule has 136 valence electrons. The molecule has 1 N–H and O–H groups in total. The van der Waals surface area contributed by atoms with Gasteiger partial charge in [0.05, 0.1) is 12.7 Å². The van der Waals surface area contributed by atoms with E-state index in [9.17, 15) is 18.0 Å². The molecule has 0 atom stereocenters. The minimum Gasteiger partial charge on any atom is -0.393 e. The van der Waals surface area contributed by atoms with Gasteiger partial charge in [-0.1, -0.05) is 24.3 Å². The lowest BCUT2D eigenvalue weighted by molar-refractivity contribution is 0.211. The number of anilines is 1. The van der Waals surface area contributed by atoms with E-state index < -0.39 is 22.9 Å². The van der Waals surface area contributed by atoms with Crippen LogP contribution in [-0.4, -0.2) is 15.6 Å². The number of carbonyl (C=O) groups excluding carboxylic acids is 1. The fraction of sp³-hybridized carbons (Fsp3) is 0.176. The molecule has 9 heteroatoms. The van der Waals surface area contributed by atoms with Gasteiger partial charge in [0.25, 0.3) is 0 Å². The van der Waals surface area contributed by atoms with Crippen LogP contribution in [0.2, 0.25) is 0 Å². The van der Waals surface area contributed by atoms with Crippen LogP contribution in [0.4, 0.5) is 23.1 Å². The number of benzene rings is 1. The molecule has 2 heterocycles. The van der Waals surface area contributed by atoms with Crippen molar-refractivity contribution in [1.29, 1.82) is 0 Å². The van der Waals surface area contributed by atoms with Gasteiger partial charge in [-0.15, -0.1) is 0 Å². The number of nitrogens with one attached hydrogen (secondary N) is 1. The number of nitrogens with zero attached hydrogens (tertiary/aromatic N) is 2. The van der Waals surface area contributed by atoms with Gasteiger partial charge in [0.2, 0.25) is 5.88 Å². The maximum absolute atomic E-state index is 13.9. The Morgan fingerprint density at radius 1 is 1.31 bits per heavy atom. The molecule has 3 aromatic rings. The zero-order valence-corrected chi connectivity index (χ0v) is 14.4. The second kappa shape index (κ2) is 7.61. The fourth-order valence-electron chi connectivity index (χ4n) is 2.30. The van der Waals surface area contributed by atoms with Crippen LogP contribution in [0.25, 0.3) is 0 Å². The van der Waals surface area contributed by atoms with Crippen molar-refractivity contribution < 1.29 is 22.7 Å². The van der Waals surface area contributed by atoms with Gasteiger partial charge in [-0.3, -0.25) is 5.32 Å². The highest BCUT2D eigenvalue weighted by molar-refractivity contribution is 7.14. The first-order valence-electron chi connectivity index (χ1n) is 7.67. The number of thiazole rings is 1. The number of hydrogen-bond donors (Lipinski definition) is 1. The quantitative estimate of drug-likeness (QED) is 0.704.